The Kier molecular flexibility index (Phi) is 57.5. The number of terminal acetylenes is 1. The topological polar surface area (TPSA) is 147 Å². The molecule has 0 heterocycles. The minimum Gasteiger partial charge on any atom is -0.870 e. The zero-order chi connectivity index (χ0) is 40.5. The van der Waals surface area contributed by atoms with Crippen LogP contribution >= 0.6 is 79.0 Å². The van der Waals surface area contributed by atoms with Gasteiger partial charge in [-0.15, -0.1) is 18.2 Å². The van der Waals surface area contributed by atoms with Gasteiger partial charge in [0.1, 0.15) is 61.3 Å². The van der Waals surface area contributed by atoms with Crippen molar-refractivity contribution in [3.8, 4) is 24.3 Å². The molecule has 0 saturated carbocycles. The van der Waals surface area contributed by atoms with Crippen molar-refractivity contribution >= 4 is 84.7 Å². The molecule has 0 aromatic heterocycles. The normalized spacial score (nSPS) is 8.11. The van der Waals surface area contributed by atoms with E-state index in [0.717, 1.165) is 29.6 Å². The molecule has 4 N–H and O–H groups in total. The second-order valence-corrected chi connectivity index (χ2v) is 9.64. The van der Waals surface area contributed by atoms with E-state index in [9.17, 15) is 26.3 Å². The van der Waals surface area contributed by atoms with Crippen LogP contribution in [0.1, 0.15) is 20.8 Å². The van der Waals surface area contributed by atoms with E-state index in [0.29, 0.717) is 29.2 Å². The van der Waals surface area contributed by atoms with Crippen LogP contribution in [0.4, 0.5) is 32.0 Å². The number of nitrogens with zero attached hydrogens (tertiary/aromatic N) is 1. The first-order valence-electron chi connectivity index (χ1n) is 13.3. The Morgan fingerprint density at radius 2 is 1.02 bits per heavy atom. The minimum absolute atomic E-state index is 0. The Balaban J connectivity index is -0.0000000995. The Labute approximate surface area is 413 Å². The van der Waals surface area contributed by atoms with Gasteiger partial charge in [0.15, 0.2) is 5.82 Å². The maximum atomic E-state index is 13.1. The van der Waals surface area contributed by atoms with Crippen LogP contribution < -0.4 is 96.1 Å². The van der Waals surface area contributed by atoms with E-state index in [4.69, 9.17) is 65.2 Å². The summed E-state index contributed by atoms with van der Waals surface area (Å²) < 4.78 is 85.1. The average molecular weight is 1060 g/mol. The standard InChI is InChI=1S/C8H7BrClFO.C8H8ClFO.C6H3ClF2.C6H5F2N.C2H6O.C2H2.Br2.K.HNO2.Na.H2O/c1-2-12-6-4-3-5(9)8(11)7(6)10;1-2-11-7-5-3-4-6(10)8(7)9;7-6-4(8)2-1-3-5(6)9;7-4-2-1-3-5(8)6(4)9;1-2-3;2*1-2;;2-1-3;;/h3-4H,2H2,1H3;3-5H,2H2,1H3;1-3H;1-3H,9H2;3H,2H2,1H3;1-2H;;;(H,2,3);;1H2/q;;;;;;;+1;;+1;/p-2. The van der Waals surface area contributed by atoms with Crippen LogP contribution in [0, 0.1) is 57.9 Å². The third kappa shape index (κ3) is 31.7. The summed E-state index contributed by atoms with van der Waals surface area (Å²) in [5.41, 5.74) is 4.51. The fraction of sp³-hybridized carbons (Fsp3) is 0.188. The van der Waals surface area contributed by atoms with Gasteiger partial charge < -0.3 is 35.9 Å². The number of nitrogens with two attached hydrogens (primary N) is 1. The molecule has 0 fully saturated rings. The molecule has 0 unspecified atom stereocenters. The number of halogens is 12. The molecule has 4 rings (SSSR count). The predicted molar refractivity (Wildman–Crippen MR) is 207 cm³/mol. The van der Waals surface area contributed by atoms with Crippen LogP contribution in [0.3, 0.4) is 0 Å². The quantitative estimate of drug-likeness (QED) is 0.0440. The molecule has 0 atom stereocenters. The Hall–Kier alpha value is -0.314. The van der Waals surface area contributed by atoms with Crippen molar-refractivity contribution in [1.29, 1.82) is 0 Å². The zero-order valence-electron chi connectivity index (χ0n) is 29.2. The molecule has 0 spiro atoms. The van der Waals surface area contributed by atoms with Crippen molar-refractivity contribution in [2.24, 2.45) is 5.34 Å². The monoisotopic (exact) mass is 1060 g/mol. The Bertz CT molecular complexity index is 1480. The number of para-hydroxylation sites is 1. The number of nitrogen functional groups attached to an aromatic ring is 1. The van der Waals surface area contributed by atoms with E-state index < -0.39 is 45.6 Å². The van der Waals surface area contributed by atoms with E-state index >= 15 is 0 Å². The SMILES string of the molecule is BrBr.C#C.CCO.CCOc1ccc(Br)c(F)c1Cl.CCOc1cccc(F)c1Cl.Fc1cccc(F)c1Cl.Nc1c(F)cccc1F.O=N[O-].[K+].[Na+].[OH-]. The molecule has 0 amide bonds. The van der Waals surface area contributed by atoms with Crippen molar-refractivity contribution in [2.75, 3.05) is 25.6 Å². The van der Waals surface area contributed by atoms with E-state index in [1.165, 1.54) is 18.2 Å². The molecular weight excluding hydrogens is 1030 g/mol. The molecular formula is C32H32Br3Cl3F6KN2NaO6. The first-order valence-corrected chi connectivity index (χ1v) is 19.0. The Morgan fingerprint density at radius 1 is 0.722 bits per heavy atom. The van der Waals surface area contributed by atoms with Gasteiger partial charge in [-0.3, -0.25) is 0 Å². The molecule has 0 radical (unpaired) electrons. The summed E-state index contributed by atoms with van der Waals surface area (Å²) >= 11 is 24.9. The van der Waals surface area contributed by atoms with Crippen molar-refractivity contribution in [3.05, 3.63) is 131 Å². The minimum atomic E-state index is -0.725. The van der Waals surface area contributed by atoms with Gasteiger partial charge in [0, 0.05) is 34.9 Å². The van der Waals surface area contributed by atoms with Crippen LogP contribution in [0.5, 0.6) is 11.5 Å². The van der Waals surface area contributed by atoms with Gasteiger partial charge in [0.2, 0.25) is 0 Å². The molecule has 54 heavy (non-hydrogen) atoms. The molecule has 22 heteroatoms. The number of ether oxygens (including phenoxy) is 2. The fourth-order valence-corrected chi connectivity index (χ4v) is 3.48. The first-order chi connectivity index (χ1) is 24.2. The number of hydrogen-bond donors (Lipinski definition) is 2. The predicted octanol–water partition coefficient (Wildman–Crippen LogP) is 6.70. The summed E-state index contributed by atoms with van der Waals surface area (Å²) in [5, 5.41) is 16.2. The molecule has 0 saturated heterocycles. The van der Waals surface area contributed by atoms with Crippen molar-refractivity contribution in [1.82, 2.24) is 0 Å². The third-order valence-corrected chi connectivity index (χ3v) is 6.11. The van der Waals surface area contributed by atoms with Gasteiger partial charge in [-0.25, -0.2) is 26.3 Å². The summed E-state index contributed by atoms with van der Waals surface area (Å²) in [7, 11) is 0. The first kappa shape index (κ1) is 68.4. The molecule has 8 nitrogen and oxygen atoms in total. The van der Waals surface area contributed by atoms with E-state index in [1.807, 2.05) is 13.8 Å². The number of aliphatic hydroxyl groups excluding tert-OH is 1. The number of hydrogen-bond acceptors (Lipinski definition) is 8. The maximum Gasteiger partial charge on any atom is 1.00 e. The van der Waals surface area contributed by atoms with E-state index in [1.54, 1.807) is 31.2 Å². The van der Waals surface area contributed by atoms with Crippen molar-refractivity contribution in [3.63, 3.8) is 0 Å². The molecule has 0 aliphatic carbocycles. The molecule has 0 aliphatic heterocycles. The van der Waals surface area contributed by atoms with Gasteiger partial charge in [0.25, 0.3) is 0 Å². The summed E-state index contributed by atoms with van der Waals surface area (Å²) in [6.07, 6.45) is 8.00. The molecule has 4 aromatic rings. The number of anilines is 1. The maximum absolute atomic E-state index is 13.1. The Morgan fingerprint density at radius 3 is 1.33 bits per heavy atom. The van der Waals surface area contributed by atoms with Gasteiger partial charge in [-0.2, -0.15) is 0 Å². The summed E-state index contributed by atoms with van der Waals surface area (Å²) in [6.45, 7) is 6.53. The molecule has 0 bridgehead atoms. The zero-order valence-corrected chi connectivity index (χ0v) is 41.4. The van der Waals surface area contributed by atoms with Crippen LogP contribution in [-0.2, 0) is 0 Å². The van der Waals surface area contributed by atoms with Gasteiger partial charge in [-0.05, 0) is 85.2 Å². The average Bonchev–Trinajstić information content (AvgIpc) is 3.12. The van der Waals surface area contributed by atoms with Crippen LogP contribution in [0.2, 0.25) is 15.1 Å². The number of rotatable bonds is 4. The van der Waals surface area contributed by atoms with Gasteiger partial charge in [-0.1, -0.05) is 53.0 Å². The van der Waals surface area contributed by atoms with Gasteiger partial charge in [0.05, 0.1) is 17.7 Å². The van der Waals surface area contributed by atoms with Crippen molar-refractivity contribution < 1.29 is 127 Å². The molecule has 292 valence electrons. The van der Waals surface area contributed by atoms with E-state index in [-0.39, 0.29) is 103 Å². The smallest absolute Gasteiger partial charge is 0.870 e. The summed E-state index contributed by atoms with van der Waals surface area (Å²) in [4.78, 5) is 8.00. The van der Waals surface area contributed by atoms with Crippen LogP contribution in [0.15, 0.2) is 76.5 Å². The second kappa shape index (κ2) is 45.4. The molecule has 4 aromatic carbocycles. The fourth-order valence-electron chi connectivity index (χ4n) is 2.51. The number of benzene rings is 4. The summed E-state index contributed by atoms with van der Waals surface area (Å²) in [5.74, 6) is -3.03. The largest absolute Gasteiger partial charge is 1.00 e. The second-order valence-electron chi connectivity index (χ2n) is 7.65. The molecule has 0 aliphatic rings. The van der Waals surface area contributed by atoms with Crippen molar-refractivity contribution in [2.45, 2.75) is 20.8 Å². The summed E-state index contributed by atoms with van der Waals surface area (Å²) in [6, 6.07) is 14.6. The third-order valence-electron chi connectivity index (χ3n) is 4.42. The number of aliphatic hydroxyl groups is 1. The van der Waals surface area contributed by atoms with E-state index in [2.05, 4.69) is 57.0 Å². The van der Waals surface area contributed by atoms with Gasteiger partial charge >= 0.3 is 80.9 Å². The van der Waals surface area contributed by atoms with Crippen LogP contribution in [-0.4, -0.2) is 30.4 Å². The van der Waals surface area contributed by atoms with Crippen LogP contribution in [0.25, 0.3) is 0 Å².